The minimum atomic E-state index is -0.404. The number of rotatable bonds is 7. The molecule has 32 heavy (non-hydrogen) atoms. The molecule has 0 radical (unpaired) electrons. The van der Waals surface area contributed by atoms with E-state index in [2.05, 4.69) is 15.5 Å². The normalized spacial score (nSPS) is 15.8. The highest BCUT2D eigenvalue weighted by Crippen LogP contribution is 2.32. The second-order valence-corrected chi connectivity index (χ2v) is 8.46. The van der Waals surface area contributed by atoms with Crippen molar-refractivity contribution >= 4 is 35.3 Å². The fourth-order valence-electron chi connectivity index (χ4n) is 3.51. The summed E-state index contributed by atoms with van der Waals surface area (Å²) in [6.07, 6.45) is 2.28. The summed E-state index contributed by atoms with van der Waals surface area (Å²) in [5.41, 5.74) is 2.91. The molecule has 0 saturated carbocycles. The van der Waals surface area contributed by atoms with Crippen molar-refractivity contribution in [1.82, 2.24) is 10.2 Å². The third-order valence-corrected chi connectivity index (χ3v) is 6.20. The van der Waals surface area contributed by atoms with Gasteiger partial charge in [-0.3, -0.25) is 14.9 Å². The zero-order valence-electron chi connectivity index (χ0n) is 18.1. The molecule has 1 fully saturated rings. The molecule has 1 N–H and O–H groups in total. The first-order chi connectivity index (χ1) is 15.4. The highest BCUT2D eigenvalue weighted by Gasteiger charge is 2.35. The van der Waals surface area contributed by atoms with E-state index in [9.17, 15) is 9.59 Å². The van der Waals surface area contributed by atoms with Crippen molar-refractivity contribution in [3.05, 3.63) is 59.5 Å². The van der Waals surface area contributed by atoms with Gasteiger partial charge in [0, 0.05) is 23.5 Å². The van der Waals surface area contributed by atoms with Gasteiger partial charge >= 0.3 is 6.01 Å². The number of nitrogens with one attached hydrogen (secondary N) is 1. The third kappa shape index (κ3) is 4.77. The smallest absolute Gasteiger partial charge is 0.322 e. The molecule has 1 aliphatic heterocycles. The second kappa shape index (κ2) is 9.44. The molecule has 2 heterocycles. The minimum Gasteiger partial charge on any atom is -0.483 e. The number of aromatic nitrogens is 2. The molecule has 2 aromatic carbocycles. The number of nitrogens with zero attached hydrogens (tertiary/aromatic N) is 3. The molecule has 166 valence electrons. The molecule has 1 aliphatic rings. The van der Waals surface area contributed by atoms with Crippen molar-refractivity contribution in [2.45, 2.75) is 31.1 Å². The maximum absolute atomic E-state index is 12.5. The Morgan fingerprint density at radius 3 is 2.75 bits per heavy atom. The number of anilines is 2. The lowest BCUT2D eigenvalue weighted by molar-refractivity contribution is -0.118. The number of hydrogen-bond acceptors (Lipinski definition) is 7. The average Bonchev–Trinajstić information content (AvgIpc) is 3.41. The minimum absolute atomic E-state index is 0.00221. The summed E-state index contributed by atoms with van der Waals surface area (Å²) in [5.74, 6) is 0.345. The molecule has 3 aromatic rings. The molecule has 0 bridgehead atoms. The number of carbonyl (C=O) groups excluding carboxylic acids is 2. The number of aryl methyl sites for hydroxylation is 1. The Morgan fingerprint density at radius 2 is 2.00 bits per heavy atom. The van der Waals surface area contributed by atoms with Gasteiger partial charge in [-0.2, -0.15) is 0 Å². The first kappa shape index (κ1) is 21.9. The molecular weight excluding hydrogens is 428 g/mol. The quantitative estimate of drug-likeness (QED) is 0.542. The van der Waals surface area contributed by atoms with Crippen LogP contribution >= 0.6 is 11.8 Å². The van der Waals surface area contributed by atoms with Gasteiger partial charge in [-0.05, 0) is 61.6 Å². The van der Waals surface area contributed by atoms with Crippen molar-refractivity contribution in [3.8, 4) is 5.75 Å². The van der Waals surface area contributed by atoms with Crippen LogP contribution in [0.25, 0.3) is 0 Å². The molecular formula is C23H24N4O4S. The van der Waals surface area contributed by atoms with E-state index in [0.717, 1.165) is 21.7 Å². The lowest BCUT2D eigenvalue weighted by atomic mass is 10.1. The van der Waals surface area contributed by atoms with Crippen LogP contribution in [0.15, 0.2) is 51.8 Å². The molecule has 1 aromatic heterocycles. The molecule has 0 unspecified atom stereocenters. The SMILES string of the molecule is CSc1ccc(N2C[C@@H](c3nnc(NC(=O)COc4cccc(C)c4C)o3)CC2=O)cc1. The topological polar surface area (TPSA) is 97.6 Å². The van der Waals surface area contributed by atoms with E-state index in [0.29, 0.717) is 18.2 Å². The largest absolute Gasteiger partial charge is 0.483 e. The van der Waals surface area contributed by atoms with Gasteiger partial charge in [0.2, 0.25) is 11.8 Å². The molecule has 9 heteroatoms. The molecule has 0 spiro atoms. The predicted molar refractivity (Wildman–Crippen MR) is 122 cm³/mol. The van der Waals surface area contributed by atoms with Crippen LogP contribution in [-0.2, 0) is 9.59 Å². The van der Waals surface area contributed by atoms with E-state index in [-0.39, 0.29) is 30.9 Å². The summed E-state index contributed by atoms with van der Waals surface area (Å²) in [7, 11) is 0. The van der Waals surface area contributed by atoms with E-state index >= 15 is 0 Å². The lowest BCUT2D eigenvalue weighted by Gasteiger charge is -2.16. The molecule has 8 nitrogen and oxygen atoms in total. The first-order valence-corrected chi connectivity index (χ1v) is 11.4. The van der Waals surface area contributed by atoms with E-state index in [4.69, 9.17) is 9.15 Å². The van der Waals surface area contributed by atoms with Crippen molar-refractivity contribution in [3.63, 3.8) is 0 Å². The molecule has 4 rings (SSSR count). The van der Waals surface area contributed by atoms with Crippen LogP contribution in [-0.4, -0.2) is 41.4 Å². The van der Waals surface area contributed by atoms with E-state index in [1.54, 1.807) is 16.7 Å². The first-order valence-electron chi connectivity index (χ1n) is 10.2. The zero-order chi connectivity index (χ0) is 22.7. The van der Waals surface area contributed by atoms with Gasteiger partial charge < -0.3 is 14.1 Å². The number of carbonyl (C=O) groups is 2. The fraction of sp³-hybridized carbons (Fsp3) is 0.304. The zero-order valence-corrected chi connectivity index (χ0v) is 18.9. The van der Waals surface area contributed by atoms with Gasteiger partial charge in [-0.25, -0.2) is 0 Å². The monoisotopic (exact) mass is 452 g/mol. The van der Waals surface area contributed by atoms with Crippen molar-refractivity contribution < 1.29 is 18.7 Å². The standard InChI is InChI=1S/C23H24N4O4S/c1-14-5-4-6-19(15(14)2)30-13-20(28)24-23-26-25-22(31-23)16-11-21(29)27(12-16)17-7-9-18(32-3)10-8-17/h4-10,16H,11-13H2,1-3H3,(H,24,26,28)/t16-/m0/s1. The van der Waals surface area contributed by atoms with Gasteiger partial charge in [-0.15, -0.1) is 16.9 Å². The van der Waals surface area contributed by atoms with Crippen LogP contribution < -0.4 is 15.0 Å². The van der Waals surface area contributed by atoms with E-state index < -0.39 is 5.91 Å². The Labute approximate surface area is 190 Å². The van der Waals surface area contributed by atoms with Crippen LogP contribution in [0.5, 0.6) is 5.75 Å². The Bertz CT molecular complexity index is 1130. The van der Waals surface area contributed by atoms with Crippen molar-refractivity contribution in [2.75, 3.05) is 29.6 Å². The van der Waals surface area contributed by atoms with Crippen LogP contribution in [0, 0.1) is 13.8 Å². The Morgan fingerprint density at radius 1 is 1.22 bits per heavy atom. The van der Waals surface area contributed by atoms with Crippen molar-refractivity contribution in [1.29, 1.82) is 0 Å². The molecule has 2 amide bonds. The number of hydrogen-bond donors (Lipinski definition) is 1. The highest BCUT2D eigenvalue weighted by atomic mass is 32.2. The van der Waals surface area contributed by atoms with Crippen LogP contribution in [0.1, 0.15) is 29.4 Å². The number of ether oxygens (including phenoxy) is 1. The summed E-state index contributed by atoms with van der Waals surface area (Å²) < 4.78 is 11.2. The maximum atomic E-state index is 12.5. The van der Waals surface area contributed by atoms with Gasteiger partial charge in [0.1, 0.15) is 5.75 Å². The van der Waals surface area contributed by atoms with E-state index in [1.165, 1.54) is 0 Å². The Kier molecular flexibility index (Phi) is 6.45. The Hall–Kier alpha value is -3.33. The average molecular weight is 453 g/mol. The van der Waals surface area contributed by atoms with Crippen LogP contribution in [0.4, 0.5) is 11.7 Å². The number of thioether (sulfide) groups is 1. The van der Waals surface area contributed by atoms with Crippen molar-refractivity contribution in [2.24, 2.45) is 0 Å². The summed E-state index contributed by atoms with van der Waals surface area (Å²) in [5, 5.41) is 10.5. The van der Waals surface area contributed by atoms with Gasteiger partial charge in [0.25, 0.3) is 5.91 Å². The molecule has 0 aliphatic carbocycles. The molecule has 1 saturated heterocycles. The number of benzene rings is 2. The Balaban J connectivity index is 1.34. The summed E-state index contributed by atoms with van der Waals surface area (Å²) in [4.78, 5) is 27.6. The summed E-state index contributed by atoms with van der Waals surface area (Å²) in [6.45, 7) is 4.19. The molecule has 1 atom stereocenters. The fourth-order valence-corrected chi connectivity index (χ4v) is 3.92. The van der Waals surface area contributed by atoms with Gasteiger partial charge in [-0.1, -0.05) is 17.2 Å². The maximum Gasteiger partial charge on any atom is 0.322 e. The summed E-state index contributed by atoms with van der Waals surface area (Å²) >= 11 is 1.65. The van der Waals surface area contributed by atoms with E-state index in [1.807, 2.05) is 62.6 Å². The second-order valence-electron chi connectivity index (χ2n) is 7.58. The number of amides is 2. The van der Waals surface area contributed by atoms with Gasteiger partial charge in [0.05, 0.1) is 5.92 Å². The van der Waals surface area contributed by atoms with Crippen LogP contribution in [0.2, 0.25) is 0 Å². The summed E-state index contributed by atoms with van der Waals surface area (Å²) in [6, 6.07) is 13.5. The lowest BCUT2D eigenvalue weighted by Crippen LogP contribution is -2.24. The predicted octanol–water partition coefficient (Wildman–Crippen LogP) is 3.95. The third-order valence-electron chi connectivity index (χ3n) is 5.46. The van der Waals surface area contributed by atoms with Gasteiger partial charge in [0.15, 0.2) is 6.61 Å². The highest BCUT2D eigenvalue weighted by molar-refractivity contribution is 7.98. The van der Waals surface area contributed by atoms with Crippen LogP contribution in [0.3, 0.4) is 0 Å².